The second-order valence-corrected chi connectivity index (χ2v) is 5.07. The van der Waals surface area contributed by atoms with E-state index in [-0.39, 0.29) is 17.5 Å². The normalized spacial score (nSPS) is 11.7. The molecule has 0 aromatic heterocycles. The first-order valence-electron chi connectivity index (χ1n) is 6.07. The van der Waals surface area contributed by atoms with Crippen molar-refractivity contribution in [2.45, 2.75) is 41.0 Å². The summed E-state index contributed by atoms with van der Waals surface area (Å²) in [7, 11) is 0. The molecule has 0 N–H and O–H groups in total. The number of carbonyl (C=O) groups excluding carboxylic acids is 1. The van der Waals surface area contributed by atoms with E-state index in [1.807, 2.05) is 6.92 Å². The van der Waals surface area contributed by atoms with Gasteiger partial charge in [-0.15, -0.1) is 0 Å². The van der Waals surface area contributed by atoms with Crippen molar-refractivity contribution in [3.8, 4) is 0 Å². The SMILES string of the molecule is CC(=O)C(C)Cc1ccc(F)cc1.CC(C)C. The Labute approximate surface area is 104 Å². The standard InChI is InChI=1S/C11H13FO.C4H10/c1-8(9(2)13)7-10-3-5-11(12)6-4-10;1-4(2)3/h3-6,8H,7H2,1-2H3;4H,1-3H3. The first-order valence-corrected chi connectivity index (χ1v) is 6.07. The van der Waals surface area contributed by atoms with Crippen molar-refractivity contribution in [3.63, 3.8) is 0 Å². The molecule has 96 valence electrons. The highest BCUT2D eigenvalue weighted by Gasteiger charge is 2.07. The molecular weight excluding hydrogens is 215 g/mol. The van der Waals surface area contributed by atoms with E-state index in [0.717, 1.165) is 11.5 Å². The highest BCUT2D eigenvalue weighted by atomic mass is 19.1. The topological polar surface area (TPSA) is 17.1 Å². The summed E-state index contributed by atoms with van der Waals surface area (Å²) >= 11 is 0. The molecule has 17 heavy (non-hydrogen) atoms. The monoisotopic (exact) mass is 238 g/mol. The van der Waals surface area contributed by atoms with Crippen LogP contribution in [0.15, 0.2) is 24.3 Å². The van der Waals surface area contributed by atoms with Crippen molar-refractivity contribution in [2.75, 3.05) is 0 Å². The Morgan fingerprint density at radius 3 is 1.88 bits per heavy atom. The summed E-state index contributed by atoms with van der Waals surface area (Å²) in [6.07, 6.45) is 0.690. The van der Waals surface area contributed by atoms with Crippen LogP contribution in [0.3, 0.4) is 0 Å². The summed E-state index contributed by atoms with van der Waals surface area (Å²) in [5.74, 6) is 0.786. The Bertz CT molecular complexity index is 325. The molecular formula is C15H23FO. The lowest BCUT2D eigenvalue weighted by molar-refractivity contribution is -0.120. The molecule has 1 rings (SSSR count). The molecule has 1 aromatic rings. The van der Waals surface area contributed by atoms with E-state index >= 15 is 0 Å². The predicted molar refractivity (Wildman–Crippen MR) is 70.5 cm³/mol. The van der Waals surface area contributed by atoms with Gasteiger partial charge >= 0.3 is 0 Å². The third kappa shape index (κ3) is 8.61. The maximum atomic E-state index is 12.5. The molecule has 0 aliphatic rings. The summed E-state index contributed by atoms with van der Waals surface area (Å²) in [6, 6.07) is 6.27. The molecule has 0 bridgehead atoms. The van der Waals surface area contributed by atoms with Gasteiger partial charge in [0.25, 0.3) is 0 Å². The van der Waals surface area contributed by atoms with Crippen molar-refractivity contribution in [3.05, 3.63) is 35.6 Å². The Hall–Kier alpha value is -1.18. The van der Waals surface area contributed by atoms with E-state index in [0.29, 0.717) is 6.42 Å². The Morgan fingerprint density at radius 1 is 1.12 bits per heavy atom. The molecule has 2 heteroatoms. The van der Waals surface area contributed by atoms with Crippen LogP contribution in [0.1, 0.15) is 40.2 Å². The minimum atomic E-state index is -0.237. The van der Waals surface area contributed by atoms with Crippen LogP contribution in [0.4, 0.5) is 4.39 Å². The molecule has 1 nitrogen and oxygen atoms in total. The van der Waals surface area contributed by atoms with Crippen LogP contribution in [0.5, 0.6) is 0 Å². The molecule has 1 aromatic carbocycles. The molecule has 0 aliphatic heterocycles. The number of benzene rings is 1. The Morgan fingerprint density at radius 2 is 1.53 bits per heavy atom. The van der Waals surface area contributed by atoms with E-state index in [9.17, 15) is 9.18 Å². The number of halogens is 1. The van der Waals surface area contributed by atoms with Crippen molar-refractivity contribution in [2.24, 2.45) is 11.8 Å². The maximum Gasteiger partial charge on any atom is 0.132 e. The first-order chi connectivity index (χ1) is 7.82. The number of carbonyl (C=O) groups is 1. The van der Waals surface area contributed by atoms with Crippen LogP contribution in [-0.2, 0) is 11.2 Å². The third-order valence-corrected chi connectivity index (χ3v) is 2.15. The second kappa shape index (κ2) is 7.99. The minimum absolute atomic E-state index is 0.0189. The van der Waals surface area contributed by atoms with Crippen LogP contribution in [0, 0.1) is 17.7 Å². The zero-order valence-corrected chi connectivity index (χ0v) is 11.5. The predicted octanol–water partition coefficient (Wildman–Crippen LogP) is 4.26. The number of rotatable bonds is 3. The summed E-state index contributed by atoms with van der Waals surface area (Å²) in [4.78, 5) is 10.9. The fraction of sp³-hybridized carbons (Fsp3) is 0.533. The van der Waals surface area contributed by atoms with Gasteiger partial charge in [-0.3, -0.25) is 4.79 Å². The molecule has 0 radical (unpaired) electrons. The van der Waals surface area contributed by atoms with Gasteiger partial charge in [-0.2, -0.15) is 0 Å². The molecule has 0 fully saturated rings. The Kier molecular flexibility index (Phi) is 7.44. The summed E-state index contributed by atoms with van der Waals surface area (Å²) in [5, 5.41) is 0. The van der Waals surface area contributed by atoms with Gasteiger partial charge in [0, 0.05) is 5.92 Å². The zero-order chi connectivity index (χ0) is 13.4. The zero-order valence-electron chi connectivity index (χ0n) is 11.5. The molecule has 0 aliphatic carbocycles. The molecule has 0 amide bonds. The van der Waals surface area contributed by atoms with Gasteiger partial charge in [-0.05, 0) is 37.0 Å². The van der Waals surface area contributed by atoms with Gasteiger partial charge in [-0.1, -0.05) is 39.8 Å². The van der Waals surface area contributed by atoms with Crippen molar-refractivity contribution < 1.29 is 9.18 Å². The Balaban J connectivity index is 0.000000557. The van der Waals surface area contributed by atoms with Crippen LogP contribution in [0.2, 0.25) is 0 Å². The van der Waals surface area contributed by atoms with Crippen LogP contribution < -0.4 is 0 Å². The van der Waals surface area contributed by atoms with E-state index < -0.39 is 0 Å². The average molecular weight is 238 g/mol. The highest BCUT2D eigenvalue weighted by molar-refractivity contribution is 5.78. The van der Waals surface area contributed by atoms with Gasteiger partial charge in [-0.25, -0.2) is 4.39 Å². The van der Waals surface area contributed by atoms with Crippen molar-refractivity contribution in [1.29, 1.82) is 0 Å². The smallest absolute Gasteiger partial charge is 0.132 e. The molecule has 0 saturated carbocycles. The fourth-order valence-corrected chi connectivity index (χ4v) is 1.12. The van der Waals surface area contributed by atoms with Crippen LogP contribution in [0.25, 0.3) is 0 Å². The van der Waals surface area contributed by atoms with E-state index in [4.69, 9.17) is 0 Å². The lowest BCUT2D eigenvalue weighted by atomic mass is 9.98. The fourth-order valence-electron chi connectivity index (χ4n) is 1.12. The third-order valence-electron chi connectivity index (χ3n) is 2.15. The van der Waals surface area contributed by atoms with E-state index in [2.05, 4.69) is 20.8 Å². The first kappa shape index (κ1) is 15.8. The van der Waals surface area contributed by atoms with Gasteiger partial charge in [0.2, 0.25) is 0 Å². The number of hydrogen-bond acceptors (Lipinski definition) is 1. The van der Waals surface area contributed by atoms with Gasteiger partial charge < -0.3 is 0 Å². The summed E-state index contributed by atoms with van der Waals surface area (Å²) in [5.41, 5.74) is 1.00. The quantitative estimate of drug-likeness (QED) is 0.769. The van der Waals surface area contributed by atoms with Gasteiger partial charge in [0.1, 0.15) is 11.6 Å². The molecule has 0 spiro atoms. The van der Waals surface area contributed by atoms with E-state index in [1.165, 1.54) is 12.1 Å². The maximum absolute atomic E-state index is 12.5. The van der Waals surface area contributed by atoms with Crippen LogP contribution >= 0.6 is 0 Å². The summed E-state index contributed by atoms with van der Waals surface area (Å²) in [6.45, 7) is 9.96. The molecule has 0 saturated heterocycles. The largest absolute Gasteiger partial charge is 0.300 e. The molecule has 1 atom stereocenters. The summed E-state index contributed by atoms with van der Waals surface area (Å²) < 4.78 is 12.5. The number of Topliss-reactive ketones (excluding diaryl/α,β-unsaturated/α-hetero) is 1. The number of ketones is 1. The minimum Gasteiger partial charge on any atom is -0.300 e. The van der Waals surface area contributed by atoms with Crippen LogP contribution in [-0.4, -0.2) is 5.78 Å². The second-order valence-electron chi connectivity index (χ2n) is 5.07. The lowest BCUT2D eigenvalue weighted by Crippen LogP contribution is -2.09. The average Bonchev–Trinajstić information content (AvgIpc) is 2.20. The lowest BCUT2D eigenvalue weighted by Gasteiger charge is -2.06. The van der Waals surface area contributed by atoms with Gasteiger partial charge in [0.15, 0.2) is 0 Å². The molecule has 0 heterocycles. The van der Waals surface area contributed by atoms with Crippen molar-refractivity contribution in [1.82, 2.24) is 0 Å². The highest BCUT2D eigenvalue weighted by Crippen LogP contribution is 2.10. The number of hydrogen-bond donors (Lipinski definition) is 0. The van der Waals surface area contributed by atoms with Gasteiger partial charge in [0.05, 0.1) is 0 Å². The van der Waals surface area contributed by atoms with E-state index in [1.54, 1.807) is 19.1 Å². The molecule has 1 unspecified atom stereocenters. The van der Waals surface area contributed by atoms with Crippen molar-refractivity contribution >= 4 is 5.78 Å².